The Kier molecular flexibility index (Phi) is 5.63. The number of hydrogen-bond acceptors (Lipinski definition) is 2. The number of benzene rings is 1. The summed E-state index contributed by atoms with van der Waals surface area (Å²) in [6.45, 7) is -0.274. The summed E-state index contributed by atoms with van der Waals surface area (Å²) in [5, 5.41) is 2.14. The Morgan fingerprint density at radius 2 is 1.83 bits per heavy atom. The van der Waals surface area contributed by atoms with Gasteiger partial charge < -0.3 is 10.2 Å². The largest absolute Gasteiger partial charge is 0.336 e. The lowest BCUT2D eigenvalue weighted by molar-refractivity contribution is -0.134. The second-order valence-electron chi connectivity index (χ2n) is 5.88. The molecule has 1 aliphatic carbocycles. The average molecular weight is 328 g/mol. The molecular weight excluding hydrogens is 309 g/mol. The van der Waals surface area contributed by atoms with Crippen LogP contribution in [0.2, 0.25) is 0 Å². The molecule has 0 atom stereocenters. The summed E-state index contributed by atoms with van der Waals surface area (Å²) in [6.07, 6.45) is 4.68. The van der Waals surface area contributed by atoms with Crippen LogP contribution in [0.15, 0.2) is 12.1 Å². The number of hydrogen-bond donors (Lipinski definition) is 1. The van der Waals surface area contributed by atoms with Crippen LogP contribution in [0.3, 0.4) is 0 Å². The van der Waals surface area contributed by atoms with E-state index in [0.717, 1.165) is 37.8 Å². The van der Waals surface area contributed by atoms with E-state index in [4.69, 9.17) is 0 Å². The number of carbonyl (C=O) groups is 2. The number of halogens is 3. The van der Waals surface area contributed by atoms with Gasteiger partial charge in [0.1, 0.15) is 0 Å². The predicted molar refractivity (Wildman–Crippen MR) is 79.2 cm³/mol. The van der Waals surface area contributed by atoms with E-state index in [1.165, 1.54) is 11.9 Å². The first-order valence-electron chi connectivity index (χ1n) is 7.55. The summed E-state index contributed by atoms with van der Waals surface area (Å²) in [6, 6.07) is 1.66. The molecule has 2 amide bonds. The molecule has 23 heavy (non-hydrogen) atoms. The Balaban J connectivity index is 1.88. The van der Waals surface area contributed by atoms with Gasteiger partial charge in [-0.3, -0.25) is 9.59 Å². The van der Waals surface area contributed by atoms with Crippen LogP contribution in [0, 0.1) is 23.4 Å². The van der Waals surface area contributed by atoms with E-state index in [2.05, 4.69) is 5.32 Å². The van der Waals surface area contributed by atoms with Gasteiger partial charge in [0.15, 0.2) is 17.5 Å². The van der Waals surface area contributed by atoms with Crippen LogP contribution in [0.25, 0.3) is 0 Å². The van der Waals surface area contributed by atoms with Gasteiger partial charge in [-0.1, -0.05) is 12.8 Å². The summed E-state index contributed by atoms with van der Waals surface area (Å²) >= 11 is 0. The summed E-state index contributed by atoms with van der Waals surface area (Å²) in [5.41, 5.74) is -0.453. The van der Waals surface area contributed by atoms with Crippen LogP contribution in [0.5, 0.6) is 0 Å². The van der Waals surface area contributed by atoms with Crippen LogP contribution in [0.1, 0.15) is 32.1 Å². The minimum atomic E-state index is -1.64. The molecule has 0 heterocycles. The molecule has 0 unspecified atom stereocenters. The fraction of sp³-hybridized carbons (Fsp3) is 0.500. The molecule has 126 valence electrons. The zero-order valence-corrected chi connectivity index (χ0v) is 12.9. The topological polar surface area (TPSA) is 49.4 Å². The van der Waals surface area contributed by atoms with E-state index >= 15 is 0 Å². The van der Waals surface area contributed by atoms with E-state index < -0.39 is 29.0 Å². The van der Waals surface area contributed by atoms with E-state index in [1.54, 1.807) is 0 Å². The molecule has 1 aromatic carbocycles. The number of nitrogens with zero attached hydrogens (tertiary/aromatic N) is 1. The summed E-state index contributed by atoms with van der Waals surface area (Å²) in [7, 11) is 1.48. The lowest BCUT2D eigenvalue weighted by atomic mass is 10.0. The molecule has 0 aromatic heterocycles. The minimum absolute atomic E-state index is 0.155. The van der Waals surface area contributed by atoms with Crippen molar-refractivity contribution in [1.82, 2.24) is 4.90 Å². The third-order valence-corrected chi connectivity index (χ3v) is 4.05. The smallest absolute Gasteiger partial charge is 0.244 e. The van der Waals surface area contributed by atoms with Crippen molar-refractivity contribution >= 4 is 17.5 Å². The molecule has 7 heteroatoms. The second-order valence-corrected chi connectivity index (χ2v) is 5.88. The number of likely N-dealkylation sites (N-methyl/N-ethyl adjacent to an activating group) is 1. The van der Waals surface area contributed by atoms with Gasteiger partial charge in [0.2, 0.25) is 11.8 Å². The van der Waals surface area contributed by atoms with Crippen molar-refractivity contribution in [2.75, 3.05) is 18.9 Å². The van der Waals surface area contributed by atoms with E-state index in [9.17, 15) is 22.8 Å². The maximum Gasteiger partial charge on any atom is 0.244 e. The highest BCUT2D eigenvalue weighted by Crippen LogP contribution is 2.27. The standard InChI is InChI=1S/C16H19F3N2O2/c1-21(14(23)8-10-4-2-3-5-10)9-13(22)20-12-7-6-11(17)15(18)16(12)19/h6-7,10H,2-5,8-9H2,1H3,(H,20,22). The quantitative estimate of drug-likeness (QED) is 0.845. The maximum absolute atomic E-state index is 13.5. The zero-order valence-electron chi connectivity index (χ0n) is 12.9. The second kappa shape index (κ2) is 7.48. The highest BCUT2D eigenvalue weighted by atomic mass is 19.2. The van der Waals surface area contributed by atoms with Gasteiger partial charge in [-0.15, -0.1) is 0 Å². The number of anilines is 1. The van der Waals surface area contributed by atoms with Crippen molar-refractivity contribution in [3.8, 4) is 0 Å². The van der Waals surface area contributed by atoms with Crippen molar-refractivity contribution in [2.45, 2.75) is 32.1 Å². The first-order chi connectivity index (χ1) is 10.9. The Morgan fingerprint density at radius 3 is 2.48 bits per heavy atom. The molecule has 0 bridgehead atoms. The molecule has 1 saturated carbocycles. The van der Waals surface area contributed by atoms with Crippen LogP contribution >= 0.6 is 0 Å². The van der Waals surface area contributed by atoms with Gasteiger partial charge in [0, 0.05) is 13.5 Å². The van der Waals surface area contributed by atoms with Crippen LogP contribution in [0.4, 0.5) is 18.9 Å². The number of amides is 2. The monoisotopic (exact) mass is 328 g/mol. The molecule has 4 nitrogen and oxygen atoms in total. The van der Waals surface area contributed by atoms with Crippen molar-refractivity contribution in [3.05, 3.63) is 29.6 Å². The normalized spacial score (nSPS) is 14.8. The van der Waals surface area contributed by atoms with Crippen molar-refractivity contribution in [1.29, 1.82) is 0 Å². The Labute approximate surface area is 132 Å². The molecule has 0 saturated heterocycles. The van der Waals surface area contributed by atoms with Crippen LogP contribution in [-0.2, 0) is 9.59 Å². The zero-order chi connectivity index (χ0) is 17.0. The molecular formula is C16H19F3N2O2. The Morgan fingerprint density at radius 1 is 1.17 bits per heavy atom. The molecule has 1 aliphatic rings. The SMILES string of the molecule is CN(CC(=O)Nc1ccc(F)c(F)c1F)C(=O)CC1CCCC1. The molecule has 1 aromatic rings. The van der Waals surface area contributed by atoms with Gasteiger partial charge in [0.25, 0.3) is 0 Å². The van der Waals surface area contributed by atoms with Gasteiger partial charge in [-0.05, 0) is 30.9 Å². The predicted octanol–water partition coefficient (Wildman–Crippen LogP) is 3.08. The first-order valence-corrected chi connectivity index (χ1v) is 7.55. The number of rotatable bonds is 5. The first kappa shape index (κ1) is 17.3. The minimum Gasteiger partial charge on any atom is -0.336 e. The number of nitrogens with one attached hydrogen (secondary N) is 1. The third-order valence-electron chi connectivity index (χ3n) is 4.05. The third kappa shape index (κ3) is 4.46. The average Bonchev–Trinajstić information content (AvgIpc) is 3.00. The van der Waals surface area contributed by atoms with Crippen LogP contribution < -0.4 is 5.32 Å². The molecule has 0 spiro atoms. The summed E-state index contributed by atoms with van der Waals surface area (Å²) < 4.78 is 39.4. The van der Waals surface area contributed by atoms with Crippen LogP contribution in [-0.4, -0.2) is 30.3 Å². The molecule has 0 aliphatic heterocycles. The van der Waals surface area contributed by atoms with E-state index in [-0.39, 0.29) is 12.5 Å². The number of carbonyl (C=O) groups excluding carboxylic acids is 2. The molecule has 2 rings (SSSR count). The van der Waals surface area contributed by atoms with Gasteiger partial charge >= 0.3 is 0 Å². The summed E-state index contributed by atoms with van der Waals surface area (Å²) in [5.74, 6) is -4.90. The van der Waals surface area contributed by atoms with Crippen molar-refractivity contribution in [2.24, 2.45) is 5.92 Å². The fourth-order valence-electron chi connectivity index (χ4n) is 2.73. The van der Waals surface area contributed by atoms with E-state index in [0.29, 0.717) is 12.3 Å². The molecule has 1 fully saturated rings. The van der Waals surface area contributed by atoms with E-state index in [1.807, 2.05) is 0 Å². The van der Waals surface area contributed by atoms with Gasteiger partial charge in [-0.25, -0.2) is 13.2 Å². The summed E-state index contributed by atoms with van der Waals surface area (Å²) in [4.78, 5) is 25.1. The fourth-order valence-corrected chi connectivity index (χ4v) is 2.73. The van der Waals surface area contributed by atoms with Crippen molar-refractivity contribution in [3.63, 3.8) is 0 Å². The Hall–Kier alpha value is -2.05. The molecule has 1 N–H and O–H groups in total. The maximum atomic E-state index is 13.5. The highest BCUT2D eigenvalue weighted by Gasteiger charge is 2.22. The lowest BCUT2D eigenvalue weighted by Gasteiger charge is -2.19. The van der Waals surface area contributed by atoms with Gasteiger partial charge in [-0.2, -0.15) is 0 Å². The lowest BCUT2D eigenvalue weighted by Crippen LogP contribution is -2.35. The van der Waals surface area contributed by atoms with Gasteiger partial charge in [0.05, 0.1) is 12.2 Å². The molecule has 0 radical (unpaired) electrons. The Bertz CT molecular complexity index is 601. The van der Waals surface area contributed by atoms with Crippen molar-refractivity contribution < 1.29 is 22.8 Å². The highest BCUT2D eigenvalue weighted by molar-refractivity contribution is 5.94.